The zero-order valence-corrected chi connectivity index (χ0v) is 16.1. The molecule has 3 aromatic rings. The number of nitrogens with zero attached hydrogens (tertiary/aromatic N) is 2. The third-order valence-electron chi connectivity index (χ3n) is 3.52. The fourth-order valence-corrected chi connectivity index (χ4v) is 3.13. The van der Waals surface area contributed by atoms with Gasteiger partial charge in [-0.1, -0.05) is 42.5 Å². The number of hydrogen-bond donors (Lipinski definition) is 1. The molecule has 1 aromatic heterocycles. The smallest absolute Gasteiger partial charge is 0.275 e. The van der Waals surface area contributed by atoms with Gasteiger partial charge in [0.05, 0.1) is 4.47 Å². The Hall–Kier alpha value is -2.58. The van der Waals surface area contributed by atoms with Crippen molar-refractivity contribution >= 4 is 37.4 Å². The van der Waals surface area contributed by atoms with Gasteiger partial charge in [0.2, 0.25) is 15.0 Å². The number of carbonyl (C=O) groups excluding carboxylic acids is 1. The van der Waals surface area contributed by atoms with Crippen LogP contribution in [-0.2, 0) is 9.84 Å². The van der Waals surface area contributed by atoms with Crippen LogP contribution in [0.3, 0.4) is 0 Å². The standard InChI is InChI=1S/C18H14BrN3O3S/c1-26(24,25)18-20-11-15(19)16(22-18)17(23)21-14-9-7-13(8-10-14)12-5-3-2-4-6-12/h2-11H,1H3,(H,21,23). The summed E-state index contributed by atoms with van der Waals surface area (Å²) in [6, 6.07) is 17.2. The molecule has 0 aliphatic rings. The molecule has 0 aliphatic heterocycles. The number of sulfone groups is 1. The Morgan fingerprint density at radius 3 is 2.23 bits per heavy atom. The minimum atomic E-state index is -3.61. The molecule has 2 aromatic carbocycles. The van der Waals surface area contributed by atoms with Gasteiger partial charge in [0, 0.05) is 18.1 Å². The second-order valence-electron chi connectivity index (χ2n) is 5.52. The zero-order valence-electron chi connectivity index (χ0n) is 13.7. The van der Waals surface area contributed by atoms with Crippen molar-refractivity contribution in [3.63, 3.8) is 0 Å². The summed E-state index contributed by atoms with van der Waals surface area (Å²) in [4.78, 5) is 20.0. The molecule has 1 N–H and O–H groups in total. The van der Waals surface area contributed by atoms with Crippen LogP contribution in [0.5, 0.6) is 0 Å². The van der Waals surface area contributed by atoms with Crippen LogP contribution in [0.4, 0.5) is 5.69 Å². The Morgan fingerprint density at radius 1 is 1.00 bits per heavy atom. The molecule has 1 heterocycles. The van der Waals surface area contributed by atoms with Crippen molar-refractivity contribution in [3.8, 4) is 11.1 Å². The Labute approximate surface area is 159 Å². The third kappa shape index (κ3) is 4.14. The van der Waals surface area contributed by atoms with E-state index in [0.717, 1.165) is 17.4 Å². The molecule has 0 saturated carbocycles. The first-order valence-corrected chi connectivity index (χ1v) is 10.2. The van der Waals surface area contributed by atoms with Gasteiger partial charge in [-0.3, -0.25) is 4.79 Å². The molecule has 1 amide bonds. The highest BCUT2D eigenvalue weighted by atomic mass is 79.9. The number of amides is 1. The lowest BCUT2D eigenvalue weighted by Crippen LogP contribution is -2.17. The molecule has 0 fully saturated rings. The maximum Gasteiger partial charge on any atom is 0.275 e. The lowest BCUT2D eigenvalue weighted by Gasteiger charge is -2.08. The number of carbonyl (C=O) groups is 1. The number of hydrogen-bond acceptors (Lipinski definition) is 5. The summed E-state index contributed by atoms with van der Waals surface area (Å²) in [5, 5.41) is 2.30. The van der Waals surface area contributed by atoms with E-state index in [1.54, 1.807) is 12.1 Å². The van der Waals surface area contributed by atoms with Gasteiger partial charge in [0.1, 0.15) is 5.69 Å². The van der Waals surface area contributed by atoms with E-state index in [2.05, 4.69) is 31.2 Å². The van der Waals surface area contributed by atoms with E-state index in [-0.39, 0.29) is 5.69 Å². The number of halogens is 1. The van der Waals surface area contributed by atoms with Crippen LogP contribution in [-0.4, -0.2) is 30.5 Å². The van der Waals surface area contributed by atoms with Gasteiger partial charge >= 0.3 is 0 Å². The Kier molecular flexibility index (Phi) is 5.15. The van der Waals surface area contributed by atoms with Crippen LogP contribution in [0.15, 0.2) is 70.4 Å². The number of aromatic nitrogens is 2. The second-order valence-corrected chi connectivity index (χ2v) is 8.28. The lowest BCUT2D eigenvalue weighted by molar-refractivity contribution is 0.102. The van der Waals surface area contributed by atoms with Crippen molar-refractivity contribution in [3.05, 3.63) is 71.0 Å². The highest BCUT2D eigenvalue weighted by Crippen LogP contribution is 2.22. The molecule has 0 saturated heterocycles. The van der Waals surface area contributed by atoms with Gasteiger partial charge in [-0.05, 0) is 39.2 Å². The summed E-state index contributed by atoms with van der Waals surface area (Å²) in [7, 11) is -3.61. The molecule has 0 atom stereocenters. The van der Waals surface area contributed by atoms with E-state index in [1.165, 1.54) is 6.20 Å². The molecule has 0 radical (unpaired) electrons. The van der Waals surface area contributed by atoms with Gasteiger partial charge < -0.3 is 5.32 Å². The maximum atomic E-state index is 12.4. The minimum absolute atomic E-state index is 0.0486. The number of benzene rings is 2. The Bertz CT molecular complexity index is 1050. The van der Waals surface area contributed by atoms with E-state index >= 15 is 0 Å². The first kappa shape index (κ1) is 18.2. The van der Waals surface area contributed by atoms with Crippen LogP contribution in [0, 0.1) is 0 Å². The number of rotatable bonds is 4. The minimum Gasteiger partial charge on any atom is -0.321 e. The van der Waals surface area contributed by atoms with E-state index in [0.29, 0.717) is 10.2 Å². The summed E-state index contributed by atoms with van der Waals surface area (Å²) in [6.45, 7) is 0. The number of nitrogens with one attached hydrogen (secondary N) is 1. The van der Waals surface area contributed by atoms with Crippen molar-refractivity contribution < 1.29 is 13.2 Å². The summed E-state index contributed by atoms with van der Waals surface area (Å²) < 4.78 is 23.5. The van der Waals surface area contributed by atoms with Crippen molar-refractivity contribution in [2.24, 2.45) is 0 Å². The van der Waals surface area contributed by atoms with Gasteiger partial charge in [0.25, 0.3) is 5.91 Å². The monoisotopic (exact) mass is 431 g/mol. The van der Waals surface area contributed by atoms with Crippen LogP contribution >= 0.6 is 15.9 Å². The average molecular weight is 432 g/mol. The van der Waals surface area contributed by atoms with E-state index in [1.807, 2.05) is 42.5 Å². The summed E-state index contributed by atoms with van der Waals surface area (Å²) in [5.41, 5.74) is 2.61. The predicted octanol–water partition coefficient (Wildman–Crippen LogP) is 3.56. The predicted molar refractivity (Wildman–Crippen MR) is 103 cm³/mol. The van der Waals surface area contributed by atoms with Gasteiger partial charge in [0.15, 0.2) is 0 Å². The quantitative estimate of drug-likeness (QED) is 0.637. The summed E-state index contributed by atoms with van der Waals surface area (Å²) >= 11 is 3.17. The average Bonchev–Trinajstić information content (AvgIpc) is 2.62. The lowest BCUT2D eigenvalue weighted by atomic mass is 10.1. The largest absolute Gasteiger partial charge is 0.321 e. The van der Waals surface area contributed by atoms with E-state index in [4.69, 9.17) is 0 Å². The fourth-order valence-electron chi connectivity index (χ4n) is 2.26. The molecule has 132 valence electrons. The highest BCUT2D eigenvalue weighted by molar-refractivity contribution is 9.10. The molecular formula is C18H14BrN3O3S. The van der Waals surface area contributed by atoms with Crippen molar-refractivity contribution in [2.75, 3.05) is 11.6 Å². The first-order valence-electron chi connectivity index (χ1n) is 7.54. The summed E-state index contributed by atoms with van der Waals surface area (Å²) in [6.07, 6.45) is 2.23. The molecule has 8 heteroatoms. The van der Waals surface area contributed by atoms with Gasteiger partial charge in [-0.15, -0.1) is 0 Å². The Morgan fingerprint density at radius 2 is 1.62 bits per heavy atom. The number of anilines is 1. The topological polar surface area (TPSA) is 89.0 Å². The summed E-state index contributed by atoms with van der Waals surface area (Å²) in [5.74, 6) is -0.531. The maximum absolute atomic E-state index is 12.4. The second kappa shape index (κ2) is 7.35. The van der Waals surface area contributed by atoms with Crippen LogP contribution in [0.1, 0.15) is 10.5 Å². The van der Waals surface area contributed by atoms with Gasteiger partial charge in [-0.2, -0.15) is 0 Å². The molecule has 0 aliphatic carbocycles. The molecule has 0 unspecified atom stereocenters. The molecule has 26 heavy (non-hydrogen) atoms. The Balaban J connectivity index is 1.82. The molecule has 3 rings (SSSR count). The molecule has 0 spiro atoms. The van der Waals surface area contributed by atoms with Crippen molar-refractivity contribution in [1.29, 1.82) is 0 Å². The molecule has 6 nitrogen and oxygen atoms in total. The van der Waals surface area contributed by atoms with Crippen LogP contribution in [0.25, 0.3) is 11.1 Å². The SMILES string of the molecule is CS(=O)(=O)c1ncc(Br)c(C(=O)Nc2ccc(-c3ccccc3)cc2)n1. The third-order valence-corrected chi connectivity index (χ3v) is 4.96. The zero-order chi connectivity index (χ0) is 18.7. The van der Waals surface area contributed by atoms with E-state index < -0.39 is 20.9 Å². The fraction of sp³-hybridized carbons (Fsp3) is 0.0556. The van der Waals surface area contributed by atoms with Gasteiger partial charge in [-0.25, -0.2) is 18.4 Å². The van der Waals surface area contributed by atoms with E-state index in [9.17, 15) is 13.2 Å². The van der Waals surface area contributed by atoms with Crippen molar-refractivity contribution in [1.82, 2.24) is 9.97 Å². The van der Waals surface area contributed by atoms with Crippen LogP contribution in [0.2, 0.25) is 0 Å². The molecule has 0 bridgehead atoms. The molecular weight excluding hydrogens is 418 g/mol. The van der Waals surface area contributed by atoms with Crippen molar-refractivity contribution in [2.45, 2.75) is 5.16 Å². The van der Waals surface area contributed by atoms with Crippen LogP contribution < -0.4 is 5.32 Å². The normalized spacial score (nSPS) is 11.2. The highest BCUT2D eigenvalue weighted by Gasteiger charge is 2.18. The first-order chi connectivity index (χ1) is 12.3.